The van der Waals surface area contributed by atoms with Gasteiger partial charge in [0, 0.05) is 5.69 Å². The van der Waals surface area contributed by atoms with Crippen LogP contribution in [0.5, 0.6) is 5.75 Å². The number of nitrogens with one attached hydrogen (secondary N) is 1. The maximum Gasteiger partial charge on any atom is 0.244 e. The predicted octanol–water partition coefficient (Wildman–Crippen LogP) is 2.86. The van der Waals surface area contributed by atoms with Crippen molar-refractivity contribution in [2.45, 2.75) is 50.2 Å². The Kier molecular flexibility index (Phi) is 4.55. The molecule has 110 valence electrons. The summed E-state index contributed by atoms with van der Waals surface area (Å²) >= 11 is 0. The number of carbonyl (C=O) groups is 1. The number of nitrogens with two attached hydrogens (primary N) is 1. The zero-order valence-corrected chi connectivity index (χ0v) is 12.2. The molecule has 0 atom stereocenters. The highest BCUT2D eigenvalue weighted by atomic mass is 35.5. The van der Waals surface area contributed by atoms with Crippen molar-refractivity contribution < 1.29 is 9.53 Å². The molecule has 0 aromatic heterocycles. The fourth-order valence-corrected chi connectivity index (χ4v) is 2.43. The summed E-state index contributed by atoms with van der Waals surface area (Å²) in [6, 6.07) is 7.55. The van der Waals surface area contributed by atoms with Crippen LogP contribution < -0.4 is 15.8 Å². The van der Waals surface area contributed by atoms with Gasteiger partial charge in [-0.05, 0) is 62.8 Å². The average Bonchev–Trinajstić information content (AvgIpc) is 2.96. The molecule has 2 fully saturated rings. The van der Waals surface area contributed by atoms with E-state index in [9.17, 15) is 4.79 Å². The molecule has 0 bridgehead atoms. The highest BCUT2D eigenvalue weighted by Gasteiger charge is 2.45. The van der Waals surface area contributed by atoms with Crippen molar-refractivity contribution in [3.63, 3.8) is 0 Å². The van der Waals surface area contributed by atoms with Gasteiger partial charge in [0.1, 0.15) is 5.75 Å². The summed E-state index contributed by atoms with van der Waals surface area (Å²) in [5, 5.41) is 2.85. The van der Waals surface area contributed by atoms with E-state index in [1.54, 1.807) is 0 Å². The predicted molar refractivity (Wildman–Crippen MR) is 81.4 cm³/mol. The number of halogens is 1. The van der Waals surface area contributed by atoms with Crippen LogP contribution in [-0.4, -0.2) is 17.6 Å². The average molecular weight is 297 g/mol. The first-order valence-electron chi connectivity index (χ1n) is 7.03. The molecular formula is C15H21ClN2O2. The van der Waals surface area contributed by atoms with Gasteiger partial charge in [0.05, 0.1) is 11.6 Å². The van der Waals surface area contributed by atoms with Gasteiger partial charge in [-0.3, -0.25) is 4.79 Å². The second-order valence-electron chi connectivity index (χ2n) is 5.66. The van der Waals surface area contributed by atoms with E-state index in [2.05, 4.69) is 5.32 Å². The van der Waals surface area contributed by atoms with Crippen LogP contribution in [0.2, 0.25) is 0 Å². The van der Waals surface area contributed by atoms with Gasteiger partial charge in [-0.25, -0.2) is 0 Å². The van der Waals surface area contributed by atoms with E-state index in [1.807, 2.05) is 24.3 Å². The Morgan fingerprint density at radius 2 is 1.80 bits per heavy atom. The maximum absolute atomic E-state index is 11.8. The van der Waals surface area contributed by atoms with E-state index in [0.29, 0.717) is 6.10 Å². The molecule has 0 aliphatic heterocycles. The standard InChI is InChI=1S/C15H20N2O2.ClH/c16-15(9-10-15)14(18)17-11-5-7-13(8-6-11)19-12-3-1-2-4-12;/h5-8,12H,1-4,9-10,16H2,(H,17,18);1H. The lowest BCUT2D eigenvalue weighted by Crippen LogP contribution is -2.37. The van der Waals surface area contributed by atoms with Crippen LogP contribution in [0.25, 0.3) is 0 Å². The molecule has 2 saturated carbocycles. The number of hydrogen-bond donors (Lipinski definition) is 2. The number of benzene rings is 1. The molecule has 20 heavy (non-hydrogen) atoms. The van der Waals surface area contributed by atoms with Gasteiger partial charge in [0.2, 0.25) is 5.91 Å². The molecular weight excluding hydrogens is 276 g/mol. The quantitative estimate of drug-likeness (QED) is 0.898. The zero-order chi connectivity index (χ0) is 13.3. The van der Waals surface area contributed by atoms with Crippen molar-refractivity contribution >= 4 is 24.0 Å². The third-order valence-electron chi connectivity index (χ3n) is 3.96. The molecule has 0 spiro atoms. The van der Waals surface area contributed by atoms with Crippen LogP contribution in [0.4, 0.5) is 5.69 Å². The molecule has 4 nitrogen and oxygen atoms in total. The summed E-state index contributed by atoms with van der Waals surface area (Å²) in [6.07, 6.45) is 6.74. The van der Waals surface area contributed by atoms with Gasteiger partial charge in [-0.15, -0.1) is 12.4 Å². The van der Waals surface area contributed by atoms with Crippen molar-refractivity contribution in [1.82, 2.24) is 0 Å². The summed E-state index contributed by atoms with van der Waals surface area (Å²) in [5.41, 5.74) is 5.99. The van der Waals surface area contributed by atoms with Crippen LogP contribution in [-0.2, 0) is 4.79 Å². The van der Waals surface area contributed by atoms with E-state index < -0.39 is 5.54 Å². The Hall–Kier alpha value is -1.26. The van der Waals surface area contributed by atoms with Gasteiger partial charge in [-0.2, -0.15) is 0 Å². The number of hydrogen-bond acceptors (Lipinski definition) is 3. The van der Waals surface area contributed by atoms with Crippen LogP contribution in [0, 0.1) is 0 Å². The highest BCUT2D eigenvalue weighted by Crippen LogP contribution is 2.33. The molecule has 0 heterocycles. The largest absolute Gasteiger partial charge is 0.490 e. The second-order valence-corrected chi connectivity index (χ2v) is 5.66. The molecule has 5 heteroatoms. The maximum atomic E-state index is 11.8. The van der Waals surface area contributed by atoms with Gasteiger partial charge >= 0.3 is 0 Å². The number of amides is 1. The highest BCUT2D eigenvalue weighted by molar-refractivity contribution is 6.00. The van der Waals surface area contributed by atoms with E-state index in [-0.39, 0.29) is 18.3 Å². The lowest BCUT2D eigenvalue weighted by atomic mass is 10.2. The first-order valence-corrected chi connectivity index (χ1v) is 7.03. The Labute approximate surface area is 125 Å². The minimum absolute atomic E-state index is 0. The van der Waals surface area contributed by atoms with Gasteiger partial charge < -0.3 is 15.8 Å². The van der Waals surface area contributed by atoms with Crippen LogP contribution >= 0.6 is 12.4 Å². The minimum atomic E-state index is -0.626. The number of ether oxygens (including phenoxy) is 1. The van der Waals surface area contributed by atoms with Crippen molar-refractivity contribution in [1.29, 1.82) is 0 Å². The van der Waals surface area contributed by atoms with E-state index in [4.69, 9.17) is 10.5 Å². The number of rotatable bonds is 4. The van der Waals surface area contributed by atoms with Crippen molar-refractivity contribution in [2.24, 2.45) is 5.73 Å². The number of carbonyl (C=O) groups excluding carboxylic acids is 1. The third-order valence-corrected chi connectivity index (χ3v) is 3.96. The van der Waals surface area contributed by atoms with Crippen molar-refractivity contribution in [3.05, 3.63) is 24.3 Å². The molecule has 3 rings (SSSR count). The van der Waals surface area contributed by atoms with Gasteiger partial charge in [-0.1, -0.05) is 0 Å². The first-order chi connectivity index (χ1) is 9.16. The minimum Gasteiger partial charge on any atom is -0.490 e. The van der Waals surface area contributed by atoms with Gasteiger partial charge in [0.25, 0.3) is 0 Å². The number of anilines is 1. The molecule has 0 radical (unpaired) electrons. The summed E-state index contributed by atoms with van der Waals surface area (Å²) in [4.78, 5) is 11.8. The van der Waals surface area contributed by atoms with Crippen molar-refractivity contribution in [3.8, 4) is 5.75 Å². The molecule has 2 aliphatic rings. The molecule has 1 amide bonds. The van der Waals surface area contributed by atoms with E-state index in [1.165, 1.54) is 12.8 Å². The molecule has 0 saturated heterocycles. The van der Waals surface area contributed by atoms with Crippen LogP contribution in [0.3, 0.4) is 0 Å². The summed E-state index contributed by atoms with van der Waals surface area (Å²) in [7, 11) is 0. The fraction of sp³-hybridized carbons (Fsp3) is 0.533. The third kappa shape index (κ3) is 3.44. The van der Waals surface area contributed by atoms with Crippen LogP contribution in [0.1, 0.15) is 38.5 Å². The molecule has 2 aliphatic carbocycles. The van der Waals surface area contributed by atoms with E-state index in [0.717, 1.165) is 37.1 Å². The Morgan fingerprint density at radius 3 is 2.35 bits per heavy atom. The first kappa shape index (κ1) is 15.1. The topological polar surface area (TPSA) is 64.4 Å². The van der Waals surface area contributed by atoms with Crippen molar-refractivity contribution in [2.75, 3.05) is 5.32 Å². The van der Waals surface area contributed by atoms with Gasteiger partial charge in [0.15, 0.2) is 0 Å². The zero-order valence-electron chi connectivity index (χ0n) is 11.4. The summed E-state index contributed by atoms with van der Waals surface area (Å²) < 4.78 is 5.88. The molecule has 3 N–H and O–H groups in total. The Morgan fingerprint density at radius 1 is 1.20 bits per heavy atom. The van der Waals surface area contributed by atoms with Crippen LogP contribution in [0.15, 0.2) is 24.3 Å². The lowest BCUT2D eigenvalue weighted by molar-refractivity contribution is -0.118. The molecule has 0 unspecified atom stereocenters. The SMILES string of the molecule is Cl.NC1(C(=O)Nc2ccc(OC3CCCC3)cc2)CC1. The molecule has 1 aromatic carbocycles. The van der Waals surface area contributed by atoms with E-state index >= 15 is 0 Å². The molecule has 1 aromatic rings. The fourth-order valence-electron chi connectivity index (χ4n) is 2.43. The monoisotopic (exact) mass is 296 g/mol. The normalized spacial score (nSPS) is 20.1. The Balaban J connectivity index is 0.00000147. The smallest absolute Gasteiger partial charge is 0.244 e. The summed E-state index contributed by atoms with van der Waals surface area (Å²) in [6.45, 7) is 0. The second kappa shape index (κ2) is 6.02. The Bertz CT molecular complexity index is 465. The summed E-state index contributed by atoms with van der Waals surface area (Å²) in [5.74, 6) is 0.788. The lowest BCUT2D eigenvalue weighted by Gasteiger charge is -2.14.